The van der Waals surface area contributed by atoms with Gasteiger partial charge >= 0.3 is 0 Å². The molecule has 2 rings (SSSR count). The third-order valence-corrected chi connectivity index (χ3v) is 6.06. The monoisotopic (exact) mass is 423 g/mol. The van der Waals surface area contributed by atoms with Crippen LogP contribution in [0.4, 0.5) is 0 Å². The number of piperidine rings is 1. The maximum atomic E-state index is 11.5. The lowest BCUT2D eigenvalue weighted by atomic mass is 10.0. The minimum absolute atomic E-state index is 0.359. The van der Waals surface area contributed by atoms with Crippen LogP contribution in [0.3, 0.4) is 0 Å². The van der Waals surface area contributed by atoms with Crippen LogP contribution < -0.4 is 15.4 Å². The first-order chi connectivity index (χ1) is 13.6. The smallest absolute Gasteiger partial charge is 0.209 e. The van der Waals surface area contributed by atoms with Crippen LogP contribution in [0.1, 0.15) is 52.1 Å². The van der Waals surface area contributed by atoms with Gasteiger partial charge in [0.15, 0.2) is 5.96 Å². The third-order valence-electron chi connectivity index (χ3n) is 5.14. The number of rotatable bonds is 8. The number of aliphatic imine (C=N–C) groups is 1. The summed E-state index contributed by atoms with van der Waals surface area (Å²) in [5, 5.41) is 6.80. The molecule has 0 amide bonds. The zero-order valence-electron chi connectivity index (χ0n) is 18.4. The number of hydrogen-bond acceptors (Lipinski definition) is 4. The normalized spacial score (nSPS) is 18.4. The van der Waals surface area contributed by atoms with Crippen molar-refractivity contribution < 1.29 is 8.42 Å². The molecule has 7 nitrogen and oxygen atoms in total. The predicted octanol–water partition coefficient (Wildman–Crippen LogP) is 2.09. The molecule has 1 atom stereocenters. The standard InChI is InChI=1S/C21H37N5O2S/c1-6-22-20(23-16-21(3,4)25-29(5,27)28)24-19-12-14-26(15-13-19)17(2)18-10-8-7-9-11-18/h7-11,17,19,25H,6,12-16H2,1-5H3,(H2,22,23,24). The molecule has 1 aliphatic heterocycles. The van der Waals surface area contributed by atoms with Gasteiger partial charge in [-0.05, 0) is 46.1 Å². The summed E-state index contributed by atoms with van der Waals surface area (Å²) in [6.07, 6.45) is 3.27. The summed E-state index contributed by atoms with van der Waals surface area (Å²) in [5.41, 5.74) is 0.721. The second-order valence-electron chi connectivity index (χ2n) is 8.49. The molecule has 1 heterocycles. The highest BCUT2D eigenvalue weighted by Gasteiger charge is 2.25. The van der Waals surface area contributed by atoms with Crippen LogP contribution in [0.5, 0.6) is 0 Å². The zero-order chi connectivity index (χ0) is 21.5. The lowest BCUT2D eigenvalue weighted by molar-refractivity contribution is 0.158. The summed E-state index contributed by atoms with van der Waals surface area (Å²) < 4.78 is 25.7. The molecule has 1 aromatic rings. The first kappa shape index (κ1) is 23.6. The van der Waals surface area contributed by atoms with Crippen LogP contribution in [-0.2, 0) is 10.0 Å². The van der Waals surface area contributed by atoms with E-state index in [1.54, 1.807) is 0 Å². The van der Waals surface area contributed by atoms with E-state index in [2.05, 4.69) is 62.5 Å². The second kappa shape index (κ2) is 10.4. The fourth-order valence-electron chi connectivity index (χ4n) is 3.70. The van der Waals surface area contributed by atoms with Crippen LogP contribution in [0.25, 0.3) is 0 Å². The first-order valence-electron chi connectivity index (χ1n) is 10.4. The van der Waals surface area contributed by atoms with Gasteiger partial charge in [0.1, 0.15) is 0 Å². The Morgan fingerprint density at radius 3 is 2.41 bits per heavy atom. The highest BCUT2D eigenvalue weighted by Crippen LogP contribution is 2.24. The number of nitrogens with zero attached hydrogens (tertiary/aromatic N) is 2. The van der Waals surface area contributed by atoms with Gasteiger partial charge in [-0.25, -0.2) is 13.1 Å². The topological polar surface area (TPSA) is 85.8 Å². The Hall–Kier alpha value is -1.64. The van der Waals surface area contributed by atoms with Gasteiger partial charge < -0.3 is 10.6 Å². The van der Waals surface area contributed by atoms with E-state index in [0.717, 1.165) is 38.4 Å². The Morgan fingerprint density at radius 1 is 1.24 bits per heavy atom. The van der Waals surface area contributed by atoms with E-state index in [1.807, 2.05) is 20.8 Å². The Labute approximate surface area is 176 Å². The SMILES string of the molecule is CCNC(=NCC(C)(C)NS(C)(=O)=O)NC1CCN(C(C)c2ccccc2)CC1. The Morgan fingerprint density at radius 2 is 1.86 bits per heavy atom. The van der Waals surface area contributed by atoms with Gasteiger partial charge in [0, 0.05) is 37.3 Å². The molecule has 1 saturated heterocycles. The summed E-state index contributed by atoms with van der Waals surface area (Å²) in [4.78, 5) is 7.14. The van der Waals surface area contributed by atoms with Crippen molar-refractivity contribution in [2.45, 2.75) is 58.2 Å². The van der Waals surface area contributed by atoms with Gasteiger partial charge in [0.05, 0.1) is 12.8 Å². The van der Waals surface area contributed by atoms with E-state index in [4.69, 9.17) is 0 Å². The summed E-state index contributed by atoms with van der Waals surface area (Å²) in [6.45, 7) is 11.2. The molecule has 29 heavy (non-hydrogen) atoms. The zero-order valence-corrected chi connectivity index (χ0v) is 19.2. The molecule has 8 heteroatoms. The molecule has 3 N–H and O–H groups in total. The van der Waals surface area contributed by atoms with E-state index >= 15 is 0 Å². The predicted molar refractivity (Wildman–Crippen MR) is 121 cm³/mol. The van der Waals surface area contributed by atoms with Gasteiger partial charge in [0.2, 0.25) is 10.0 Å². The first-order valence-corrected chi connectivity index (χ1v) is 12.3. The average Bonchev–Trinajstić information content (AvgIpc) is 2.65. The molecule has 1 fully saturated rings. The van der Waals surface area contributed by atoms with Crippen LogP contribution in [0, 0.1) is 0 Å². The maximum Gasteiger partial charge on any atom is 0.209 e. The highest BCUT2D eigenvalue weighted by atomic mass is 32.2. The molecular formula is C21H37N5O2S. The van der Waals surface area contributed by atoms with Gasteiger partial charge in [-0.15, -0.1) is 0 Å². The van der Waals surface area contributed by atoms with Crippen molar-refractivity contribution in [1.29, 1.82) is 0 Å². The molecule has 0 aliphatic carbocycles. The average molecular weight is 424 g/mol. The van der Waals surface area contributed by atoms with E-state index in [0.29, 0.717) is 18.6 Å². The molecular weight excluding hydrogens is 386 g/mol. The van der Waals surface area contributed by atoms with Crippen molar-refractivity contribution in [3.05, 3.63) is 35.9 Å². The number of benzene rings is 1. The molecule has 164 valence electrons. The number of guanidine groups is 1. The molecule has 0 bridgehead atoms. The van der Waals surface area contributed by atoms with Crippen molar-refractivity contribution in [3.63, 3.8) is 0 Å². The lowest BCUT2D eigenvalue weighted by Gasteiger charge is -2.37. The molecule has 1 unspecified atom stereocenters. The van der Waals surface area contributed by atoms with Crippen LogP contribution in [0.2, 0.25) is 0 Å². The van der Waals surface area contributed by atoms with Crippen molar-refractivity contribution >= 4 is 16.0 Å². The summed E-state index contributed by atoms with van der Waals surface area (Å²) >= 11 is 0. The van der Waals surface area contributed by atoms with Crippen LogP contribution >= 0.6 is 0 Å². The summed E-state index contributed by atoms with van der Waals surface area (Å²) in [7, 11) is -3.27. The van der Waals surface area contributed by atoms with E-state index in [-0.39, 0.29) is 0 Å². The van der Waals surface area contributed by atoms with E-state index in [1.165, 1.54) is 11.8 Å². The van der Waals surface area contributed by atoms with Crippen molar-refractivity contribution in [3.8, 4) is 0 Å². The molecule has 0 radical (unpaired) electrons. The quantitative estimate of drug-likeness (QED) is 0.440. The maximum absolute atomic E-state index is 11.5. The van der Waals surface area contributed by atoms with Gasteiger partial charge in [-0.2, -0.15) is 0 Å². The minimum atomic E-state index is -3.27. The molecule has 1 aliphatic rings. The molecule has 0 spiro atoms. The Kier molecular flexibility index (Phi) is 8.48. The van der Waals surface area contributed by atoms with Gasteiger partial charge in [-0.3, -0.25) is 9.89 Å². The second-order valence-corrected chi connectivity index (χ2v) is 10.2. The van der Waals surface area contributed by atoms with Crippen molar-refractivity contribution in [1.82, 2.24) is 20.3 Å². The summed E-state index contributed by atoms with van der Waals surface area (Å²) in [5.74, 6) is 0.741. The summed E-state index contributed by atoms with van der Waals surface area (Å²) in [6, 6.07) is 11.4. The Bertz CT molecular complexity index is 757. The lowest BCUT2D eigenvalue weighted by Crippen LogP contribution is -2.50. The molecule has 0 saturated carbocycles. The van der Waals surface area contributed by atoms with Crippen molar-refractivity contribution in [2.75, 3.05) is 32.4 Å². The van der Waals surface area contributed by atoms with Gasteiger partial charge in [0.25, 0.3) is 0 Å². The molecule has 1 aromatic carbocycles. The number of hydrogen-bond donors (Lipinski definition) is 3. The number of sulfonamides is 1. The van der Waals surface area contributed by atoms with Gasteiger partial charge in [-0.1, -0.05) is 30.3 Å². The van der Waals surface area contributed by atoms with Crippen LogP contribution in [0.15, 0.2) is 35.3 Å². The largest absolute Gasteiger partial charge is 0.357 e. The third kappa shape index (κ3) is 8.32. The van der Waals surface area contributed by atoms with Crippen LogP contribution in [-0.4, -0.2) is 63.3 Å². The molecule has 0 aromatic heterocycles. The van der Waals surface area contributed by atoms with E-state index < -0.39 is 15.6 Å². The Balaban J connectivity index is 1.90. The fraction of sp³-hybridized carbons (Fsp3) is 0.667. The fourth-order valence-corrected chi connectivity index (χ4v) is 4.77. The number of nitrogens with one attached hydrogen (secondary N) is 3. The number of likely N-dealkylation sites (tertiary alicyclic amines) is 1. The van der Waals surface area contributed by atoms with Crippen molar-refractivity contribution in [2.24, 2.45) is 4.99 Å². The minimum Gasteiger partial charge on any atom is -0.357 e. The van der Waals surface area contributed by atoms with E-state index in [9.17, 15) is 8.42 Å². The highest BCUT2D eigenvalue weighted by molar-refractivity contribution is 7.88.